The lowest BCUT2D eigenvalue weighted by molar-refractivity contribution is -0.114. The Kier molecular flexibility index (Phi) is 4.56. The second-order valence-electron chi connectivity index (χ2n) is 5.36. The fraction of sp³-hybridized carbons (Fsp3) is 0.533. The third-order valence-electron chi connectivity index (χ3n) is 3.63. The molecule has 1 aliphatic rings. The number of anilines is 1. The summed E-state index contributed by atoms with van der Waals surface area (Å²) in [5.41, 5.74) is 2.13. The predicted molar refractivity (Wildman–Crippen MR) is 76.0 cm³/mol. The molecular formula is C15H22N2O2. The second kappa shape index (κ2) is 6.17. The standard InChI is InChI=1S/C15H22N2O2/c1-12(18)17-14-6-4-3-5-13(14)11-16-15(2)7-9-19-10-8-15/h3-6,16H,7-11H2,1-2H3,(H,17,18). The van der Waals surface area contributed by atoms with E-state index < -0.39 is 0 Å². The number of carbonyl (C=O) groups is 1. The van der Waals surface area contributed by atoms with Crippen LogP contribution in [-0.4, -0.2) is 24.7 Å². The van der Waals surface area contributed by atoms with E-state index in [0.29, 0.717) is 0 Å². The van der Waals surface area contributed by atoms with Crippen molar-refractivity contribution >= 4 is 11.6 Å². The molecule has 0 atom stereocenters. The molecule has 1 saturated heterocycles. The number of rotatable bonds is 4. The topological polar surface area (TPSA) is 50.4 Å². The van der Waals surface area contributed by atoms with Gasteiger partial charge in [0.15, 0.2) is 0 Å². The number of nitrogens with one attached hydrogen (secondary N) is 2. The van der Waals surface area contributed by atoms with E-state index >= 15 is 0 Å². The van der Waals surface area contributed by atoms with Crippen LogP contribution in [0.4, 0.5) is 5.69 Å². The van der Waals surface area contributed by atoms with Crippen molar-refractivity contribution in [1.82, 2.24) is 5.32 Å². The molecule has 2 rings (SSSR count). The molecule has 0 radical (unpaired) electrons. The van der Waals surface area contributed by atoms with E-state index in [1.165, 1.54) is 6.92 Å². The van der Waals surface area contributed by atoms with Gasteiger partial charge in [-0.05, 0) is 31.4 Å². The number of amides is 1. The van der Waals surface area contributed by atoms with Crippen molar-refractivity contribution in [1.29, 1.82) is 0 Å². The highest BCUT2D eigenvalue weighted by Crippen LogP contribution is 2.22. The van der Waals surface area contributed by atoms with Crippen molar-refractivity contribution < 1.29 is 9.53 Å². The van der Waals surface area contributed by atoms with E-state index in [1.54, 1.807) is 0 Å². The fourth-order valence-electron chi connectivity index (χ4n) is 2.29. The second-order valence-corrected chi connectivity index (χ2v) is 5.36. The lowest BCUT2D eigenvalue weighted by atomic mass is 9.92. The first-order chi connectivity index (χ1) is 9.09. The van der Waals surface area contributed by atoms with Crippen molar-refractivity contribution in [3.8, 4) is 0 Å². The normalized spacial score (nSPS) is 18.0. The molecule has 0 saturated carbocycles. The van der Waals surface area contributed by atoms with Crippen molar-refractivity contribution in [3.63, 3.8) is 0 Å². The highest BCUT2D eigenvalue weighted by atomic mass is 16.5. The van der Waals surface area contributed by atoms with E-state index in [1.807, 2.05) is 24.3 Å². The highest BCUT2D eigenvalue weighted by Gasteiger charge is 2.26. The zero-order chi connectivity index (χ0) is 13.7. The molecule has 1 heterocycles. The van der Waals surface area contributed by atoms with Crippen LogP contribution in [0.15, 0.2) is 24.3 Å². The molecule has 1 amide bonds. The third kappa shape index (κ3) is 4.04. The van der Waals surface area contributed by atoms with Gasteiger partial charge in [0.1, 0.15) is 0 Å². The number of hydrogen-bond donors (Lipinski definition) is 2. The number of hydrogen-bond acceptors (Lipinski definition) is 3. The van der Waals surface area contributed by atoms with Crippen molar-refractivity contribution in [3.05, 3.63) is 29.8 Å². The van der Waals surface area contributed by atoms with Crippen molar-refractivity contribution in [2.24, 2.45) is 0 Å². The number of carbonyl (C=O) groups excluding carboxylic acids is 1. The summed E-state index contributed by atoms with van der Waals surface area (Å²) in [6.07, 6.45) is 2.05. The van der Waals surface area contributed by atoms with E-state index in [2.05, 4.69) is 17.6 Å². The smallest absolute Gasteiger partial charge is 0.221 e. The molecule has 0 bridgehead atoms. The molecule has 1 aromatic rings. The molecular weight excluding hydrogens is 240 g/mol. The molecule has 1 aromatic carbocycles. The third-order valence-corrected chi connectivity index (χ3v) is 3.63. The first kappa shape index (κ1) is 14.0. The minimum Gasteiger partial charge on any atom is -0.381 e. The molecule has 19 heavy (non-hydrogen) atoms. The molecule has 2 N–H and O–H groups in total. The van der Waals surface area contributed by atoms with Gasteiger partial charge in [0.2, 0.25) is 5.91 Å². The molecule has 4 heteroatoms. The SMILES string of the molecule is CC(=O)Nc1ccccc1CNC1(C)CCOCC1. The quantitative estimate of drug-likeness (QED) is 0.875. The Bertz CT molecular complexity index is 440. The van der Waals surface area contributed by atoms with Crippen LogP contribution in [0.5, 0.6) is 0 Å². The van der Waals surface area contributed by atoms with Gasteiger partial charge in [0.25, 0.3) is 0 Å². The Balaban J connectivity index is 2.00. The lowest BCUT2D eigenvalue weighted by Crippen LogP contribution is -2.46. The maximum absolute atomic E-state index is 11.2. The highest BCUT2D eigenvalue weighted by molar-refractivity contribution is 5.89. The maximum Gasteiger partial charge on any atom is 0.221 e. The summed E-state index contributed by atoms with van der Waals surface area (Å²) in [6, 6.07) is 7.91. The Labute approximate surface area is 114 Å². The Hall–Kier alpha value is -1.39. The molecule has 0 aromatic heterocycles. The van der Waals surface area contributed by atoms with Crippen LogP contribution in [0.2, 0.25) is 0 Å². The van der Waals surface area contributed by atoms with E-state index in [4.69, 9.17) is 4.74 Å². The minimum absolute atomic E-state index is 0.0373. The Morgan fingerprint density at radius 1 is 1.32 bits per heavy atom. The van der Waals surface area contributed by atoms with Gasteiger partial charge >= 0.3 is 0 Å². The van der Waals surface area contributed by atoms with E-state index in [-0.39, 0.29) is 11.4 Å². The maximum atomic E-state index is 11.2. The lowest BCUT2D eigenvalue weighted by Gasteiger charge is -2.35. The summed E-state index contributed by atoms with van der Waals surface area (Å²) in [7, 11) is 0. The Morgan fingerprint density at radius 3 is 2.68 bits per heavy atom. The van der Waals surface area contributed by atoms with Crippen LogP contribution in [0.3, 0.4) is 0 Å². The fourth-order valence-corrected chi connectivity index (χ4v) is 2.29. The molecule has 104 valence electrons. The first-order valence-electron chi connectivity index (χ1n) is 6.77. The monoisotopic (exact) mass is 262 g/mol. The van der Waals surface area contributed by atoms with Crippen LogP contribution >= 0.6 is 0 Å². The van der Waals surface area contributed by atoms with Gasteiger partial charge in [-0.25, -0.2) is 0 Å². The molecule has 0 aliphatic carbocycles. The average Bonchev–Trinajstić information content (AvgIpc) is 2.38. The van der Waals surface area contributed by atoms with Gasteiger partial charge in [-0.2, -0.15) is 0 Å². The molecule has 0 spiro atoms. The summed E-state index contributed by atoms with van der Waals surface area (Å²) in [4.78, 5) is 11.2. The van der Waals surface area contributed by atoms with Crippen LogP contribution in [0.25, 0.3) is 0 Å². The Morgan fingerprint density at radius 2 is 2.00 bits per heavy atom. The summed E-state index contributed by atoms with van der Waals surface area (Å²) in [6.45, 7) is 6.15. The van der Waals surface area contributed by atoms with Crippen LogP contribution < -0.4 is 10.6 Å². The van der Waals surface area contributed by atoms with Crippen molar-refractivity contribution in [2.75, 3.05) is 18.5 Å². The van der Waals surface area contributed by atoms with Gasteiger partial charge in [-0.1, -0.05) is 18.2 Å². The van der Waals surface area contributed by atoms with E-state index in [9.17, 15) is 4.79 Å². The summed E-state index contributed by atoms with van der Waals surface area (Å²) in [5.74, 6) is -0.0373. The van der Waals surface area contributed by atoms with E-state index in [0.717, 1.165) is 43.9 Å². The van der Waals surface area contributed by atoms with Crippen LogP contribution in [0.1, 0.15) is 32.3 Å². The van der Waals surface area contributed by atoms with Gasteiger partial charge in [0, 0.05) is 37.9 Å². The average molecular weight is 262 g/mol. The van der Waals surface area contributed by atoms with Crippen LogP contribution in [0, 0.1) is 0 Å². The zero-order valence-corrected chi connectivity index (χ0v) is 11.7. The van der Waals surface area contributed by atoms with Crippen molar-refractivity contribution in [2.45, 2.75) is 38.8 Å². The van der Waals surface area contributed by atoms with Crippen LogP contribution in [-0.2, 0) is 16.1 Å². The largest absolute Gasteiger partial charge is 0.381 e. The minimum atomic E-state index is -0.0373. The molecule has 0 unspecified atom stereocenters. The van der Waals surface area contributed by atoms with Gasteiger partial charge in [-0.3, -0.25) is 4.79 Å². The molecule has 1 fully saturated rings. The summed E-state index contributed by atoms with van der Waals surface area (Å²) >= 11 is 0. The molecule has 1 aliphatic heterocycles. The number of ether oxygens (including phenoxy) is 1. The first-order valence-corrected chi connectivity index (χ1v) is 6.77. The van der Waals surface area contributed by atoms with Gasteiger partial charge < -0.3 is 15.4 Å². The number of benzene rings is 1. The molecule has 4 nitrogen and oxygen atoms in total. The van der Waals surface area contributed by atoms with Gasteiger partial charge in [0.05, 0.1) is 0 Å². The zero-order valence-electron chi connectivity index (χ0n) is 11.7. The summed E-state index contributed by atoms with van der Waals surface area (Å²) in [5, 5.41) is 6.47. The predicted octanol–water partition coefficient (Wildman–Crippen LogP) is 2.30. The summed E-state index contributed by atoms with van der Waals surface area (Å²) < 4.78 is 5.40. The number of para-hydroxylation sites is 1. The van der Waals surface area contributed by atoms with Gasteiger partial charge in [-0.15, -0.1) is 0 Å².